The number of carbonyl (C=O) groups is 2. The summed E-state index contributed by atoms with van der Waals surface area (Å²) in [6.45, 7) is 6.66. The monoisotopic (exact) mass is 434 g/mol. The Morgan fingerprint density at radius 2 is 1.69 bits per heavy atom. The van der Waals surface area contributed by atoms with E-state index in [-0.39, 0.29) is 17.9 Å². The van der Waals surface area contributed by atoms with Gasteiger partial charge < -0.3 is 10.2 Å². The maximum atomic E-state index is 13.4. The fourth-order valence-electron chi connectivity index (χ4n) is 4.63. The van der Waals surface area contributed by atoms with Gasteiger partial charge in [0.1, 0.15) is 6.04 Å². The van der Waals surface area contributed by atoms with Gasteiger partial charge in [0.15, 0.2) is 0 Å². The van der Waals surface area contributed by atoms with E-state index in [4.69, 9.17) is 0 Å². The van der Waals surface area contributed by atoms with Crippen LogP contribution in [0.4, 0.5) is 0 Å². The molecule has 32 heavy (non-hydrogen) atoms. The van der Waals surface area contributed by atoms with Crippen LogP contribution in [0.3, 0.4) is 0 Å². The van der Waals surface area contributed by atoms with Crippen molar-refractivity contribution in [3.05, 3.63) is 70.8 Å². The number of benzene rings is 2. The van der Waals surface area contributed by atoms with Crippen LogP contribution in [0.1, 0.15) is 74.6 Å². The number of nitrogens with one attached hydrogen (secondary N) is 1. The Kier molecular flexibility index (Phi) is 8.90. The van der Waals surface area contributed by atoms with Crippen LogP contribution in [0.25, 0.3) is 0 Å². The highest BCUT2D eigenvalue weighted by Gasteiger charge is 2.30. The zero-order valence-electron chi connectivity index (χ0n) is 19.9. The number of nitrogens with zero attached hydrogens (tertiary/aromatic N) is 1. The van der Waals surface area contributed by atoms with Crippen LogP contribution < -0.4 is 5.32 Å². The van der Waals surface area contributed by atoms with Gasteiger partial charge in [0.05, 0.1) is 0 Å². The van der Waals surface area contributed by atoms with Crippen molar-refractivity contribution in [3.8, 4) is 0 Å². The van der Waals surface area contributed by atoms with E-state index in [1.807, 2.05) is 19.1 Å². The minimum Gasteiger partial charge on any atom is -0.352 e. The second-order valence-electron chi connectivity index (χ2n) is 9.09. The highest BCUT2D eigenvalue weighted by molar-refractivity contribution is 5.88. The third kappa shape index (κ3) is 6.69. The van der Waals surface area contributed by atoms with Gasteiger partial charge in [-0.15, -0.1) is 0 Å². The third-order valence-corrected chi connectivity index (χ3v) is 6.58. The molecule has 1 aliphatic carbocycles. The van der Waals surface area contributed by atoms with Gasteiger partial charge in [-0.2, -0.15) is 0 Å². The zero-order chi connectivity index (χ0) is 22.9. The van der Waals surface area contributed by atoms with Crippen LogP contribution in [0.2, 0.25) is 0 Å². The van der Waals surface area contributed by atoms with E-state index in [1.54, 1.807) is 4.90 Å². The smallest absolute Gasteiger partial charge is 0.243 e. The largest absolute Gasteiger partial charge is 0.352 e. The lowest BCUT2D eigenvalue weighted by Gasteiger charge is -2.31. The van der Waals surface area contributed by atoms with Crippen molar-refractivity contribution >= 4 is 11.8 Å². The molecule has 0 saturated heterocycles. The normalized spacial score (nSPS) is 14.8. The topological polar surface area (TPSA) is 49.4 Å². The van der Waals surface area contributed by atoms with E-state index in [9.17, 15) is 9.59 Å². The Balaban J connectivity index is 1.74. The molecule has 4 heteroatoms. The number of rotatable bonds is 10. The van der Waals surface area contributed by atoms with Crippen LogP contribution in [-0.2, 0) is 29.0 Å². The summed E-state index contributed by atoms with van der Waals surface area (Å²) in [7, 11) is 0. The number of hydrogen-bond donors (Lipinski definition) is 1. The lowest BCUT2D eigenvalue weighted by atomic mass is 10.0. The van der Waals surface area contributed by atoms with Gasteiger partial charge in [0, 0.05) is 19.0 Å². The number of aryl methyl sites for hydroxylation is 3. The fraction of sp³-hybridized carbons (Fsp3) is 0.500. The van der Waals surface area contributed by atoms with E-state index >= 15 is 0 Å². The van der Waals surface area contributed by atoms with Gasteiger partial charge in [-0.3, -0.25) is 9.59 Å². The first-order valence-electron chi connectivity index (χ1n) is 12.2. The molecule has 0 aromatic heterocycles. The van der Waals surface area contributed by atoms with E-state index in [1.165, 1.54) is 18.4 Å². The molecule has 172 valence electrons. The number of amides is 2. The van der Waals surface area contributed by atoms with Crippen LogP contribution in [0, 0.1) is 6.92 Å². The molecule has 0 heterocycles. The zero-order valence-corrected chi connectivity index (χ0v) is 19.9. The van der Waals surface area contributed by atoms with Crippen LogP contribution in [-0.4, -0.2) is 28.8 Å². The molecule has 1 saturated carbocycles. The fourth-order valence-corrected chi connectivity index (χ4v) is 4.63. The maximum Gasteiger partial charge on any atom is 0.243 e. The molecule has 0 unspecified atom stereocenters. The summed E-state index contributed by atoms with van der Waals surface area (Å²) in [6.07, 6.45) is 7.15. The lowest BCUT2D eigenvalue weighted by Crippen LogP contribution is -2.51. The lowest BCUT2D eigenvalue weighted by molar-refractivity contribution is -0.141. The van der Waals surface area contributed by atoms with E-state index < -0.39 is 6.04 Å². The second kappa shape index (κ2) is 11.8. The number of carbonyl (C=O) groups excluding carboxylic acids is 2. The average molecular weight is 435 g/mol. The number of hydrogen-bond acceptors (Lipinski definition) is 2. The molecule has 2 amide bonds. The molecule has 0 radical (unpaired) electrons. The van der Waals surface area contributed by atoms with Crippen molar-refractivity contribution in [1.82, 2.24) is 10.2 Å². The Morgan fingerprint density at radius 1 is 1.00 bits per heavy atom. The van der Waals surface area contributed by atoms with Gasteiger partial charge in [-0.1, -0.05) is 80.8 Å². The van der Waals surface area contributed by atoms with Crippen LogP contribution >= 0.6 is 0 Å². The van der Waals surface area contributed by atoms with Crippen molar-refractivity contribution in [2.75, 3.05) is 0 Å². The van der Waals surface area contributed by atoms with Crippen molar-refractivity contribution in [2.45, 2.75) is 90.8 Å². The Morgan fingerprint density at radius 3 is 2.31 bits per heavy atom. The molecule has 3 rings (SSSR count). The molecule has 1 N–H and O–H groups in total. The molecule has 0 bridgehead atoms. The molecular weight excluding hydrogens is 396 g/mol. The first-order chi connectivity index (χ1) is 15.5. The van der Waals surface area contributed by atoms with Crippen LogP contribution in [0.5, 0.6) is 0 Å². The van der Waals surface area contributed by atoms with Crippen molar-refractivity contribution in [1.29, 1.82) is 0 Å². The molecule has 0 aliphatic heterocycles. The van der Waals surface area contributed by atoms with Gasteiger partial charge in [0.25, 0.3) is 0 Å². The standard InChI is InChI=1S/C28H38N2O2/c1-4-22-13-15-23(16-14-22)17-18-27(31)30(20-24-10-8-9-21(3)19-24)26(5-2)28(32)29-25-11-6-7-12-25/h8-10,13-16,19,25-26H,4-7,11-12,17-18,20H2,1-3H3,(H,29,32)/t26-/m0/s1. The average Bonchev–Trinajstić information content (AvgIpc) is 3.30. The van der Waals surface area contributed by atoms with Crippen molar-refractivity contribution < 1.29 is 9.59 Å². The predicted molar refractivity (Wildman–Crippen MR) is 130 cm³/mol. The van der Waals surface area contributed by atoms with E-state index in [0.29, 0.717) is 25.8 Å². The van der Waals surface area contributed by atoms with E-state index in [0.717, 1.165) is 36.0 Å². The predicted octanol–water partition coefficient (Wildman–Crippen LogP) is 5.36. The maximum absolute atomic E-state index is 13.4. The summed E-state index contributed by atoms with van der Waals surface area (Å²) in [4.78, 5) is 28.4. The summed E-state index contributed by atoms with van der Waals surface area (Å²) in [5.74, 6) is 0.0344. The molecule has 4 nitrogen and oxygen atoms in total. The SMILES string of the molecule is CCc1ccc(CCC(=O)N(Cc2cccc(C)c2)[C@@H](CC)C(=O)NC2CCCC2)cc1. The Labute approximate surface area is 193 Å². The Bertz CT molecular complexity index is 885. The van der Waals surface area contributed by atoms with Gasteiger partial charge in [-0.05, 0) is 55.7 Å². The molecule has 1 atom stereocenters. The second-order valence-corrected chi connectivity index (χ2v) is 9.09. The van der Waals surface area contributed by atoms with Crippen LogP contribution in [0.15, 0.2) is 48.5 Å². The van der Waals surface area contributed by atoms with Gasteiger partial charge in [0.2, 0.25) is 11.8 Å². The third-order valence-electron chi connectivity index (χ3n) is 6.58. The van der Waals surface area contributed by atoms with Gasteiger partial charge >= 0.3 is 0 Å². The molecular formula is C28H38N2O2. The molecule has 2 aromatic rings. The molecule has 0 spiro atoms. The Hall–Kier alpha value is -2.62. The summed E-state index contributed by atoms with van der Waals surface area (Å²) < 4.78 is 0. The minimum absolute atomic E-state index is 0.00676. The molecule has 1 aliphatic rings. The first-order valence-corrected chi connectivity index (χ1v) is 12.2. The highest BCUT2D eigenvalue weighted by Crippen LogP contribution is 2.20. The quantitative estimate of drug-likeness (QED) is 0.547. The molecule has 1 fully saturated rings. The first kappa shape index (κ1) is 24.0. The summed E-state index contributed by atoms with van der Waals surface area (Å²) in [5, 5.41) is 3.22. The van der Waals surface area contributed by atoms with Crippen molar-refractivity contribution in [2.24, 2.45) is 0 Å². The summed E-state index contributed by atoms with van der Waals surface area (Å²) >= 11 is 0. The van der Waals surface area contributed by atoms with E-state index in [2.05, 4.69) is 55.6 Å². The van der Waals surface area contributed by atoms with Crippen molar-refractivity contribution in [3.63, 3.8) is 0 Å². The van der Waals surface area contributed by atoms with Gasteiger partial charge in [-0.25, -0.2) is 0 Å². The summed E-state index contributed by atoms with van der Waals surface area (Å²) in [5.41, 5.74) is 4.69. The summed E-state index contributed by atoms with van der Waals surface area (Å²) in [6, 6.07) is 16.5. The highest BCUT2D eigenvalue weighted by atomic mass is 16.2. The molecule has 2 aromatic carbocycles. The minimum atomic E-state index is -0.439.